The van der Waals surface area contributed by atoms with Crippen LogP contribution in [0.15, 0.2) is 60.8 Å². The number of rotatable bonds is 6. The van der Waals surface area contributed by atoms with Crippen molar-refractivity contribution >= 4 is 17.3 Å². The van der Waals surface area contributed by atoms with Crippen molar-refractivity contribution in [1.82, 2.24) is 4.98 Å². The Kier molecular flexibility index (Phi) is 6.23. The summed E-state index contributed by atoms with van der Waals surface area (Å²) in [4.78, 5) is 6.39. The van der Waals surface area contributed by atoms with Gasteiger partial charge in [-0.15, -0.1) is 0 Å². The predicted octanol–water partition coefficient (Wildman–Crippen LogP) is 4.28. The molecule has 6 heteroatoms. The van der Waals surface area contributed by atoms with Gasteiger partial charge in [0, 0.05) is 30.4 Å². The van der Waals surface area contributed by atoms with Crippen molar-refractivity contribution in [3.63, 3.8) is 0 Å². The third-order valence-corrected chi connectivity index (χ3v) is 5.85. The van der Waals surface area contributed by atoms with Gasteiger partial charge in [-0.3, -0.25) is 0 Å². The molecule has 2 unspecified atom stereocenters. The fourth-order valence-electron chi connectivity index (χ4n) is 3.94. The molecule has 3 aromatic rings. The molecule has 2 N–H and O–H groups in total. The topological polar surface area (TPSA) is 65.8 Å². The molecule has 1 aromatic heterocycles. The fraction of sp³-hybridized carbons (Fsp3) is 0.292. The summed E-state index contributed by atoms with van der Waals surface area (Å²) in [6.07, 6.45) is 1.74. The Hall–Kier alpha value is -2.60. The molecule has 2 aromatic carbocycles. The lowest BCUT2D eigenvalue weighted by Gasteiger charge is -2.23. The SMILES string of the molecule is Cc1ccccc1C(O)c1ccc(N2CCC(Oc3ncccc3Cl)C2)c(CO)c1. The number of aryl methyl sites for hydroxylation is 1. The molecule has 156 valence electrons. The molecular weight excluding hydrogens is 400 g/mol. The van der Waals surface area contributed by atoms with Gasteiger partial charge in [0.05, 0.1) is 13.2 Å². The van der Waals surface area contributed by atoms with Gasteiger partial charge in [-0.1, -0.05) is 41.9 Å². The van der Waals surface area contributed by atoms with E-state index >= 15 is 0 Å². The van der Waals surface area contributed by atoms with Gasteiger partial charge in [0.25, 0.3) is 0 Å². The average molecular weight is 425 g/mol. The van der Waals surface area contributed by atoms with Crippen LogP contribution in [0.5, 0.6) is 5.88 Å². The van der Waals surface area contributed by atoms with Gasteiger partial charge in [-0.05, 0) is 47.9 Å². The normalized spacial score (nSPS) is 17.2. The van der Waals surface area contributed by atoms with Gasteiger partial charge < -0.3 is 19.8 Å². The standard InChI is InChI=1S/C24H25ClN2O3/c1-16-5-2-3-6-20(16)23(29)17-8-9-22(18(13-17)15-28)27-12-10-19(14-27)30-24-21(25)7-4-11-26-24/h2-9,11,13,19,23,28-29H,10,12,14-15H2,1H3. The van der Waals surface area contributed by atoms with Crippen molar-refractivity contribution < 1.29 is 14.9 Å². The van der Waals surface area contributed by atoms with Crippen LogP contribution in [0.2, 0.25) is 5.02 Å². The zero-order chi connectivity index (χ0) is 21.1. The van der Waals surface area contributed by atoms with Crippen molar-refractivity contribution in [2.45, 2.75) is 32.2 Å². The smallest absolute Gasteiger partial charge is 0.232 e. The lowest BCUT2D eigenvalue weighted by Crippen LogP contribution is -2.25. The second kappa shape index (κ2) is 9.04. The highest BCUT2D eigenvalue weighted by Crippen LogP contribution is 2.32. The molecular formula is C24H25ClN2O3. The van der Waals surface area contributed by atoms with Crippen LogP contribution in [0.25, 0.3) is 0 Å². The first-order chi connectivity index (χ1) is 14.6. The molecule has 0 amide bonds. The molecule has 1 aliphatic rings. The van der Waals surface area contributed by atoms with Gasteiger partial charge >= 0.3 is 0 Å². The van der Waals surface area contributed by atoms with E-state index in [1.54, 1.807) is 18.3 Å². The maximum Gasteiger partial charge on any atom is 0.232 e. The molecule has 1 aliphatic heterocycles. The van der Waals surface area contributed by atoms with Crippen LogP contribution in [0.1, 0.15) is 34.8 Å². The summed E-state index contributed by atoms with van der Waals surface area (Å²) >= 11 is 6.15. The van der Waals surface area contributed by atoms with Crippen LogP contribution >= 0.6 is 11.6 Å². The molecule has 2 atom stereocenters. The molecule has 1 saturated heterocycles. The van der Waals surface area contributed by atoms with E-state index in [0.717, 1.165) is 40.9 Å². The molecule has 0 spiro atoms. The number of benzene rings is 2. The van der Waals surface area contributed by atoms with Crippen molar-refractivity contribution in [2.75, 3.05) is 18.0 Å². The zero-order valence-corrected chi connectivity index (χ0v) is 17.6. The number of hydrogen-bond acceptors (Lipinski definition) is 5. The number of pyridine rings is 1. The van der Waals surface area contributed by atoms with Crippen LogP contribution < -0.4 is 9.64 Å². The Balaban J connectivity index is 1.51. The van der Waals surface area contributed by atoms with E-state index in [1.807, 2.05) is 49.4 Å². The Morgan fingerprint density at radius 3 is 2.80 bits per heavy atom. The molecule has 4 rings (SSSR count). The lowest BCUT2D eigenvalue weighted by atomic mass is 9.95. The molecule has 30 heavy (non-hydrogen) atoms. The summed E-state index contributed by atoms with van der Waals surface area (Å²) in [7, 11) is 0. The molecule has 5 nitrogen and oxygen atoms in total. The highest BCUT2D eigenvalue weighted by Gasteiger charge is 2.27. The van der Waals surface area contributed by atoms with E-state index in [2.05, 4.69) is 9.88 Å². The number of aliphatic hydroxyl groups excluding tert-OH is 2. The summed E-state index contributed by atoms with van der Waals surface area (Å²) in [6.45, 7) is 3.37. The van der Waals surface area contributed by atoms with Crippen molar-refractivity contribution in [3.05, 3.63) is 88.1 Å². The Bertz CT molecular complexity index is 1030. The molecule has 0 radical (unpaired) electrons. The maximum absolute atomic E-state index is 10.8. The monoisotopic (exact) mass is 424 g/mol. The van der Waals surface area contributed by atoms with Crippen LogP contribution in [0.3, 0.4) is 0 Å². The van der Waals surface area contributed by atoms with Crippen molar-refractivity contribution in [3.8, 4) is 5.88 Å². The van der Waals surface area contributed by atoms with Gasteiger partial charge in [-0.2, -0.15) is 0 Å². The van der Waals surface area contributed by atoms with Crippen LogP contribution in [-0.2, 0) is 6.61 Å². The quantitative estimate of drug-likeness (QED) is 0.618. The van der Waals surface area contributed by atoms with Crippen LogP contribution in [0, 0.1) is 6.92 Å². The highest BCUT2D eigenvalue weighted by atomic mass is 35.5. The fourth-order valence-corrected chi connectivity index (χ4v) is 4.11. The number of anilines is 1. The van der Waals surface area contributed by atoms with E-state index in [1.165, 1.54) is 0 Å². The summed E-state index contributed by atoms with van der Waals surface area (Å²) in [5.74, 6) is 0.449. The second-order valence-electron chi connectivity index (χ2n) is 7.57. The minimum absolute atomic E-state index is 0.0267. The predicted molar refractivity (Wildman–Crippen MR) is 118 cm³/mol. The number of aromatic nitrogens is 1. The largest absolute Gasteiger partial charge is 0.471 e. The van der Waals surface area contributed by atoms with Gasteiger partial charge in [0.1, 0.15) is 17.2 Å². The first kappa shape index (κ1) is 20.7. The number of aliphatic hydroxyl groups is 2. The molecule has 1 fully saturated rings. The maximum atomic E-state index is 10.8. The number of halogens is 1. The Morgan fingerprint density at radius 1 is 1.20 bits per heavy atom. The van der Waals surface area contributed by atoms with E-state index in [-0.39, 0.29) is 12.7 Å². The minimum atomic E-state index is -0.730. The number of nitrogens with zero attached hydrogens (tertiary/aromatic N) is 2. The second-order valence-corrected chi connectivity index (χ2v) is 7.98. The first-order valence-corrected chi connectivity index (χ1v) is 10.4. The Labute approximate surface area is 181 Å². The minimum Gasteiger partial charge on any atom is -0.471 e. The summed E-state index contributed by atoms with van der Waals surface area (Å²) in [6, 6.07) is 17.1. The summed E-state index contributed by atoms with van der Waals surface area (Å²) < 4.78 is 5.98. The summed E-state index contributed by atoms with van der Waals surface area (Å²) in [5, 5.41) is 21.3. The van der Waals surface area contributed by atoms with Crippen LogP contribution in [-0.4, -0.2) is 34.4 Å². The molecule has 2 heterocycles. The third kappa shape index (κ3) is 4.29. The number of ether oxygens (including phenoxy) is 1. The Morgan fingerprint density at radius 2 is 2.03 bits per heavy atom. The van der Waals surface area contributed by atoms with Crippen LogP contribution in [0.4, 0.5) is 5.69 Å². The zero-order valence-electron chi connectivity index (χ0n) is 16.8. The van der Waals surface area contributed by atoms with Gasteiger partial charge in [-0.25, -0.2) is 4.98 Å². The molecule has 0 aliphatic carbocycles. The van der Waals surface area contributed by atoms with E-state index < -0.39 is 6.10 Å². The highest BCUT2D eigenvalue weighted by molar-refractivity contribution is 6.31. The van der Waals surface area contributed by atoms with Gasteiger partial charge in [0.15, 0.2) is 0 Å². The van der Waals surface area contributed by atoms with Gasteiger partial charge in [0.2, 0.25) is 5.88 Å². The molecule has 0 saturated carbocycles. The van der Waals surface area contributed by atoms with E-state index in [9.17, 15) is 10.2 Å². The van der Waals surface area contributed by atoms with E-state index in [4.69, 9.17) is 16.3 Å². The molecule has 0 bridgehead atoms. The van der Waals surface area contributed by atoms with E-state index in [0.29, 0.717) is 17.4 Å². The van der Waals surface area contributed by atoms with Crippen molar-refractivity contribution in [1.29, 1.82) is 0 Å². The first-order valence-electron chi connectivity index (χ1n) is 10.1. The number of hydrogen-bond donors (Lipinski definition) is 2. The lowest BCUT2D eigenvalue weighted by molar-refractivity contribution is 0.215. The third-order valence-electron chi connectivity index (χ3n) is 5.56. The summed E-state index contributed by atoms with van der Waals surface area (Å²) in [5.41, 5.74) is 4.42. The van der Waals surface area contributed by atoms with Crippen molar-refractivity contribution in [2.24, 2.45) is 0 Å². The average Bonchev–Trinajstić information content (AvgIpc) is 3.23.